The third-order valence-electron chi connectivity index (χ3n) is 12.1. The minimum Gasteiger partial charge on any atom is -0.507 e. The van der Waals surface area contributed by atoms with Gasteiger partial charge in [0.15, 0.2) is 12.4 Å². The molecule has 2 saturated heterocycles. The molecule has 3 aliphatic rings. The number of para-hydroxylation sites is 1. The lowest BCUT2D eigenvalue weighted by Gasteiger charge is -2.27. The molecule has 0 aliphatic carbocycles. The first-order chi connectivity index (χ1) is 32.5. The van der Waals surface area contributed by atoms with Crippen LogP contribution in [0.3, 0.4) is 0 Å². The second kappa shape index (κ2) is 26.3. The zero-order chi connectivity index (χ0) is 47.5. The van der Waals surface area contributed by atoms with Crippen LogP contribution in [-0.2, 0) is 30.4 Å². The monoisotopic (exact) mass is 935 g/mol. The molecule has 3 heterocycles. The highest BCUT2D eigenvalue weighted by Crippen LogP contribution is 2.34. The summed E-state index contributed by atoms with van der Waals surface area (Å²) in [7, 11) is 0. The highest BCUT2D eigenvalue weighted by molar-refractivity contribution is 6.24. The highest BCUT2D eigenvalue weighted by Gasteiger charge is 2.46. The average Bonchev–Trinajstić information content (AvgIpc) is 3.89. The molecule has 0 radical (unpaired) electrons. The fourth-order valence-electron chi connectivity index (χ4n) is 8.50. The molecule has 0 saturated carbocycles. The van der Waals surface area contributed by atoms with Gasteiger partial charge < -0.3 is 36.0 Å². The molecule has 3 aromatic carbocycles. The number of benzene rings is 3. The number of hydrogen-bond donors (Lipinski definition) is 6. The van der Waals surface area contributed by atoms with Crippen molar-refractivity contribution >= 4 is 52.8 Å². The van der Waals surface area contributed by atoms with Crippen LogP contribution in [0.1, 0.15) is 128 Å². The normalized spacial score (nSPS) is 16.5. The summed E-state index contributed by atoms with van der Waals surface area (Å²) in [6.45, 7) is 2.82. The SMILES string of the molecule is C.O=C(CCCC(=O)NCCc1ccc(N2CCC[C@H]2CN/C=C/C(=O)c2ccccc2O)cc1)NCCCCCCCCNC(=O)COc1cccc2c1C(=O)N(C1CCC(=O)NC1=O)C2=O. The topological polar surface area (TPSA) is 233 Å². The number of nitrogens with zero attached hydrogens (tertiary/aromatic N) is 2. The van der Waals surface area contributed by atoms with Crippen LogP contribution in [0.25, 0.3) is 0 Å². The van der Waals surface area contributed by atoms with Crippen molar-refractivity contribution in [3.05, 3.63) is 101 Å². The zero-order valence-corrected chi connectivity index (χ0v) is 37.8. The lowest BCUT2D eigenvalue weighted by atomic mass is 10.0. The molecule has 0 spiro atoms. The minimum atomic E-state index is -1.10. The van der Waals surface area contributed by atoms with Gasteiger partial charge in [-0.1, -0.05) is 63.4 Å². The third kappa shape index (κ3) is 14.7. The second-order valence-electron chi connectivity index (χ2n) is 17.0. The number of anilines is 1. The number of piperidine rings is 1. The van der Waals surface area contributed by atoms with Crippen LogP contribution in [0.4, 0.5) is 5.69 Å². The van der Waals surface area contributed by atoms with Crippen LogP contribution in [-0.4, -0.2) is 109 Å². The van der Waals surface area contributed by atoms with E-state index in [1.807, 2.05) is 0 Å². The van der Waals surface area contributed by atoms with Gasteiger partial charge in [0.1, 0.15) is 17.5 Å². The van der Waals surface area contributed by atoms with Crippen molar-refractivity contribution in [2.75, 3.05) is 44.2 Å². The van der Waals surface area contributed by atoms with E-state index < -0.39 is 29.7 Å². The standard InChI is InChI=1S/C50H61N7O10.CH4/c58-40-15-6-5-13-37(40)41(59)26-29-51-32-36-12-11-31-56(36)35-21-19-34(20-22-35)25-30-54-44(61)18-10-17-43(60)52-27-7-3-1-2-4-8-28-53-46(63)33-67-42-16-9-14-38-47(42)50(66)57(49(38)65)39-23-24-45(62)55-48(39)64;/h5-6,9,13-16,19-22,26,29,36,39,51,58H,1-4,7-8,10-12,17-18,23-25,27-28,30-33H2,(H,52,60)(H,53,63)(H,54,61)(H,55,62,64);1H4/b29-26+;/t36-,39?;/m0./s1. The fourth-order valence-corrected chi connectivity index (χ4v) is 8.50. The van der Waals surface area contributed by atoms with Crippen molar-refractivity contribution < 1.29 is 48.2 Å². The number of ether oxygens (including phenoxy) is 1. The first-order valence-corrected chi connectivity index (χ1v) is 23.4. The average molecular weight is 936 g/mol. The van der Waals surface area contributed by atoms with Gasteiger partial charge in [0.2, 0.25) is 23.6 Å². The Morgan fingerprint density at radius 3 is 2.13 bits per heavy atom. The molecule has 364 valence electrons. The molecule has 6 rings (SSSR count). The van der Waals surface area contributed by atoms with Gasteiger partial charge in [-0.3, -0.25) is 48.6 Å². The van der Waals surface area contributed by atoms with E-state index in [0.29, 0.717) is 45.4 Å². The smallest absolute Gasteiger partial charge is 0.266 e. The predicted molar refractivity (Wildman–Crippen MR) is 256 cm³/mol. The van der Waals surface area contributed by atoms with Crippen LogP contribution in [0.5, 0.6) is 11.5 Å². The minimum absolute atomic E-state index is 0. The first kappa shape index (κ1) is 51.9. The number of ketones is 1. The molecule has 0 aromatic heterocycles. The van der Waals surface area contributed by atoms with Gasteiger partial charge in [0.25, 0.3) is 17.7 Å². The van der Waals surface area contributed by atoms with E-state index in [1.54, 1.807) is 24.4 Å². The maximum absolute atomic E-state index is 13.2. The van der Waals surface area contributed by atoms with Crippen molar-refractivity contribution in [1.29, 1.82) is 0 Å². The van der Waals surface area contributed by atoms with Crippen LogP contribution >= 0.6 is 0 Å². The molecule has 17 heteroatoms. The highest BCUT2D eigenvalue weighted by atomic mass is 16.5. The van der Waals surface area contributed by atoms with Gasteiger partial charge in [0, 0.05) is 76.0 Å². The van der Waals surface area contributed by atoms with Crippen molar-refractivity contribution in [1.82, 2.24) is 31.5 Å². The summed E-state index contributed by atoms with van der Waals surface area (Å²) in [4.78, 5) is 103. The second-order valence-corrected chi connectivity index (χ2v) is 17.0. The van der Waals surface area contributed by atoms with Gasteiger partial charge in [-0.25, -0.2) is 0 Å². The lowest BCUT2D eigenvalue weighted by Crippen LogP contribution is -2.54. The summed E-state index contributed by atoms with van der Waals surface area (Å²) in [6, 6.07) is 18.5. The predicted octanol–water partition coefficient (Wildman–Crippen LogP) is 4.87. The number of allylic oxidation sites excluding steroid dienone is 1. The van der Waals surface area contributed by atoms with Crippen molar-refractivity contribution in [3.63, 3.8) is 0 Å². The molecule has 3 aliphatic heterocycles. The number of imide groups is 2. The zero-order valence-electron chi connectivity index (χ0n) is 37.8. The maximum atomic E-state index is 13.2. The molecule has 17 nitrogen and oxygen atoms in total. The number of rotatable bonds is 26. The number of nitrogens with one attached hydrogen (secondary N) is 5. The van der Waals surface area contributed by atoms with E-state index in [2.05, 4.69) is 55.7 Å². The number of amides is 7. The molecule has 3 aromatic rings. The number of phenolic OH excluding ortho intramolecular Hbond substituents is 1. The summed E-state index contributed by atoms with van der Waals surface area (Å²) < 4.78 is 5.63. The fraction of sp³-hybridized carbons (Fsp3) is 0.451. The molecule has 1 unspecified atom stereocenters. The van der Waals surface area contributed by atoms with Gasteiger partial charge in [-0.05, 0) is 86.9 Å². The molecule has 0 bridgehead atoms. The number of fused-ring (bicyclic) bond motifs is 1. The summed E-state index contributed by atoms with van der Waals surface area (Å²) in [5.41, 5.74) is 2.59. The Bertz CT molecular complexity index is 2300. The summed E-state index contributed by atoms with van der Waals surface area (Å²) in [6.07, 6.45) is 12.5. The van der Waals surface area contributed by atoms with E-state index in [9.17, 15) is 43.5 Å². The largest absolute Gasteiger partial charge is 0.507 e. The van der Waals surface area contributed by atoms with Crippen LogP contribution in [0.2, 0.25) is 0 Å². The molecule has 6 N–H and O–H groups in total. The van der Waals surface area contributed by atoms with Crippen molar-refractivity contribution in [2.24, 2.45) is 0 Å². The van der Waals surface area contributed by atoms with E-state index in [0.717, 1.165) is 74.1 Å². The molecule has 2 fully saturated rings. The maximum Gasteiger partial charge on any atom is 0.266 e. The lowest BCUT2D eigenvalue weighted by molar-refractivity contribution is -0.136. The Labute approximate surface area is 397 Å². The number of carbonyl (C=O) groups is 8. The number of unbranched alkanes of at least 4 members (excludes halogenated alkanes) is 5. The van der Waals surface area contributed by atoms with Crippen molar-refractivity contribution in [3.8, 4) is 11.5 Å². The van der Waals surface area contributed by atoms with Gasteiger partial charge in [0.05, 0.1) is 16.7 Å². The van der Waals surface area contributed by atoms with Crippen molar-refractivity contribution in [2.45, 2.75) is 109 Å². The quantitative estimate of drug-likeness (QED) is 0.0274. The summed E-state index contributed by atoms with van der Waals surface area (Å²) in [5.74, 6) is -3.25. The van der Waals surface area contributed by atoms with E-state index >= 15 is 0 Å². The number of carbonyl (C=O) groups excluding carboxylic acids is 8. The number of phenols is 1. The van der Waals surface area contributed by atoms with E-state index in [-0.39, 0.29) is 91.0 Å². The van der Waals surface area contributed by atoms with Gasteiger partial charge in [-0.15, -0.1) is 0 Å². The summed E-state index contributed by atoms with van der Waals surface area (Å²) >= 11 is 0. The number of hydrogen-bond acceptors (Lipinski definition) is 12. The number of aromatic hydroxyl groups is 1. The first-order valence-electron chi connectivity index (χ1n) is 23.4. The van der Waals surface area contributed by atoms with Crippen LogP contribution in [0, 0.1) is 0 Å². The Balaban J connectivity index is 0.00000864. The summed E-state index contributed by atoms with van der Waals surface area (Å²) in [5, 5.41) is 24.0. The molecular weight excluding hydrogens is 871 g/mol. The molecule has 2 atom stereocenters. The third-order valence-corrected chi connectivity index (χ3v) is 12.1. The molecular formula is C51H65N7O10. The van der Waals surface area contributed by atoms with Gasteiger partial charge >= 0.3 is 0 Å². The van der Waals surface area contributed by atoms with Gasteiger partial charge in [-0.2, -0.15) is 0 Å². The Morgan fingerprint density at radius 1 is 0.750 bits per heavy atom. The van der Waals surface area contributed by atoms with E-state index in [1.165, 1.54) is 30.3 Å². The Morgan fingerprint density at radius 2 is 1.43 bits per heavy atom. The van der Waals surface area contributed by atoms with Crippen LogP contribution < -0.4 is 36.2 Å². The Kier molecular flexibility index (Phi) is 20.1. The van der Waals surface area contributed by atoms with E-state index in [4.69, 9.17) is 4.74 Å². The van der Waals surface area contributed by atoms with Crippen LogP contribution in [0.15, 0.2) is 79.0 Å². The molecule has 68 heavy (non-hydrogen) atoms. The Hall–Kier alpha value is -7.04. The molecule has 7 amide bonds.